The maximum Gasteiger partial charge on any atom is 0.279 e. The maximum atomic E-state index is 13.2. The second-order valence-electron chi connectivity index (χ2n) is 7.65. The van der Waals surface area contributed by atoms with Gasteiger partial charge in [0.25, 0.3) is 17.7 Å². The van der Waals surface area contributed by atoms with Gasteiger partial charge in [0.1, 0.15) is 11.5 Å². The van der Waals surface area contributed by atoms with Crippen LogP contribution in [0.15, 0.2) is 54.9 Å². The van der Waals surface area contributed by atoms with E-state index in [0.29, 0.717) is 30.0 Å². The molecule has 4 rings (SSSR count). The van der Waals surface area contributed by atoms with Crippen molar-refractivity contribution >= 4 is 29.1 Å². The van der Waals surface area contributed by atoms with Gasteiger partial charge in [0, 0.05) is 30.0 Å². The summed E-state index contributed by atoms with van der Waals surface area (Å²) in [7, 11) is 0. The van der Waals surface area contributed by atoms with Gasteiger partial charge < -0.3 is 25.8 Å². The molecule has 3 amide bonds. The molecule has 1 fully saturated rings. The fourth-order valence-electron chi connectivity index (χ4n) is 3.50. The van der Waals surface area contributed by atoms with Crippen molar-refractivity contribution in [1.29, 1.82) is 0 Å². The van der Waals surface area contributed by atoms with Gasteiger partial charge in [-0.15, -0.1) is 0 Å². The van der Waals surface area contributed by atoms with E-state index in [4.69, 9.17) is 5.73 Å². The van der Waals surface area contributed by atoms with Gasteiger partial charge in [-0.3, -0.25) is 14.4 Å². The molecule has 0 radical (unpaired) electrons. The Bertz CT molecular complexity index is 1160. The van der Waals surface area contributed by atoms with E-state index >= 15 is 0 Å². The molecule has 4 N–H and O–H groups in total. The summed E-state index contributed by atoms with van der Waals surface area (Å²) in [6.07, 6.45) is 2.39. The first-order valence-electron chi connectivity index (χ1n) is 10.5. The highest BCUT2D eigenvalue weighted by molar-refractivity contribution is 6.11. The summed E-state index contributed by atoms with van der Waals surface area (Å²) in [5.41, 5.74) is 6.69. The summed E-state index contributed by atoms with van der Waals surface area (Å²) in [5, 5.41) is 2.74. The van der Waals surface area contributed by atoms with Crippen LogP contribution in [0.1, 0.15) is 37.8 Å². The first-order chi connectivity index (χ1) is 15.9. The number of benzene rings is 2. The molecule has 9 nitrogen and oxygen atoms in total. The summed E-state index contributed by atoms with van der Waals surface area (Å²) in [4.78, 5) is 47.6. The second kappa shape index (κ2) is 9.61. The predicted molar refractivity (Wildman–Crippen MR) is 121 cm³/mol. The minimum atomic E-state index is -0.766. The number of aromatic nitrogens is 2. The Morgan fingerprint density at radius 1 is 1.09 bits per heavy atom. The molecule has 0 bridgehead atoms. The Kier molecular flexibility index (Phi) is 6.45. The van der Waals surface area contributed by atoms with E-state index in [1.54, 1.807) is 24.3 Å². The number of hydrogen-bond acceptors (Lipinski definition) is 5. The Morgan fingerprint density at radius 2 is 1.79 bits per heavy atom. The summed E-state index contributed by atoms with van der Waals surface area (Å²) in [5.74, 6) is -2.02. The third-order valence-corrected chi connectivity index (χ3v) is 5.47. The quantitative estimate of drug-likeness (QED) is 0.486. The topological polar surface area (TPSA) is 124 Å². The van der Waals surface area contributed by atoms with Crippen LogP contribution < -0.4 is 16.0 Å². The number of H-pyrrole nitrogens is 1. The van der Waals surface area contributed by atoms with Crippen molar-refractivity contribution in [3.63, 3.8) is 0 Å². The minimum Gasteiger partial charge on any atom is -0.364 e. The maximum absolute atomic E-state index is 13.2. The number of carbonyl (C=O) groups excluding carboxylic acids is 3. The van der Waals surface area contributed by atoms with Gasteiger partial charge in [0.15, 0.2) is 5.69 Å². The molecule has 0 spiro atoms. The smallest absolute Gasteiger partial charge is 0.279 e. The lowest BCUT2D eigenvalue weighted by molar-refractivity contribution is 0.0950. The molecule has 10 heteroatoms. The highest BCUT2D eigenvalue weighted by Crippen LogP contribution is 2.22. The largest absolute Gasteiger partial charge is 0.364 e. The first kappa shape index (κ1) is 22.2. The molecule has 170 valence electrons. The van der Waals surface area contributed by atoms with E-state index in [9.17, 15) is 18.8 Å². The van der Waals surface area contributed by atoms with Crippen molar-refractivity contribution in [3.05, 3.63) is 77.6 Å². The average Bonchev–Trinajstić information content (AvgIpc) is 3.27. The fourth-order valence-corrected chi connectivity index (χ4v) is 3.50. The molecule has 2 heterocycles. The van der Waals surface area contributed by atoms with Crippen LogP contribution in [0.3, 0.4) is 0 Å². The number of amides is 3. The van der Waals surface area contributed by atoms with Crippen molar-refractivity contribution < 1.29 is 18.8 Å². The zero-order chi connectivity index (χ0) is 23.4. The Labute approximate surface area is 189 Å². The molecule has 1 aliphatic rings. The number of nitrogens with two attached hydrogens (primary N) is 1. The van der Waals surface area contributed by atoms with E-state index in [1.807, 2.05) is 0 Å². The van der Waals surface area contributed by atoms with Crippen LogP contribution in [0.2, 0.25) is 0 Å². The van der Waals surface area contributed by atoms with E-state index in [1.165, 1.54) is 35.5 Å². The molecular weight excluding hydrogens is 427 g/mol. The molecule has 2 aromatic carbocycles. The molecule has 0 atom stereocenters. The van der Waals surface area contributed by atoms with Crippen molar-refractivity contribution in [2.45, 2.75) is 6.42 Å². The van der Waals surface area contributed by atoms with E-state index in [2.05, 4.69) is 20.2 Å². The van der Waals surface area contributed by atoms with Crippen LogP contribution in [0.5, 0.6) is 0 Å². The normalized spacial score (nSPS) is 13.2. The lowest BCUT2D eigenvalue weighted by atomic mass is 10.2. The number of halogens is 1. The molecule has 33 heavy (non-hydrogen) atoms. The zero-order valence-electron chi connectivity index (χ0n) is 17.8. The number of anilines is 2. The highest BCUT2D eigenvalue weighted by Gasteiger charge is 2.26. The standard InChI is InChI=1S/C23H23FN6O3/c24-16-4-2-15(3-5-16)22(32)28-17-6-8-18(9-7-17)30(13-12-29-10-1-11-29)23(33)20-19(21(25)31)26-14-27-20/h2-9,14H,1,10-13H2,(H2,25,31)(H,26,27)(H,28,32). The number of imidazole rings is 1. The van der Waals surface area contributed by atoms with Crippen molar-refractivity contribution in [3.8, 4) is 0 Å². The van der Waals surface area contributed by atoms with E-state index < -0.39 is 17.6 Å². The van der Waals surface area contributed by atoms with Crippen LogP contribution >= 0.6 is 0 Å². The third-order valence-electron chi connectivity index (χ3n) is 5.47. The number of likely N-dealkylation sites (tertiary alicyclic amines) is 1. The number of aromatic amines is 1. The number of carbonyl (C=O) groups is 3. The average molecular weight is 450 g/mol. The van der Waals surface area contributed by atoms with Crippen LogP contribution in [0, 0.1) is 5.82 Å². The van der Waals surface area contributed by atoms with Crippen LogP contribution in [0.4, 0.5) is 15.8 Å². The lowest BCUT2D eigenvalue weighted by Crippen LogP contribution is -2.44. The monoisotopic (exact) mass is 450 g/mol. The van der Waals surface area contributed by atoms with Gasteiger partial charge in [0.2, 0.25) is 0 Å². The molecule has 1 saturated heterocycles. The van der Waals surface area contributed by atoms with Gasteiger partial charge in [0.05, 0.1) is 6.33 Å². The zero-order valence-corrected chi connectivity index (χ0v) is 17.8. The molecule has 0 saturated carbocycles. The molecule has 0 aliphatic carbocycles. The molecule has 1 aliphatic heterocycles. The summed E-state index contributed by atoms with van der Waals surface area (Å²) < 4.78 is 13.1. The van der Waals surface area contributed by atoms with Gasteiger partial charge in [-0.1, -0.05) is 0 Å². The number of nitrogens with one attached hydrogen (secondary N) is 2. The second-order valence-corrected chi connectivity index (χ2v) is 7.65. The summed E-state index contributed by atoms with van der Waals surface area (Å²) in [6.45, 7) is 3.02. The van der Waals surface area contributed by atoms with E-state index in [0.717, 1.165) is 19.5 Å². The third kappa shape index (κ3) is 5.07. The number of nitrogens with zero attached hydrogens (tertiary/aromatic N) is 3. The van der Waals surface area contributed by atoms with Crippen LogP contribution in [-0.4, -0.2) is 58.8 Å². The van der Waals surface area contributed by atoms with Gasteiger partial charge in [-0.25, -0.2) is 9.37 Å². The Balaban J connectivity index is 1.52. The first-order valence-corrected chi connectivity index (χ1v) is 10.5. The number of rotatable bonds is 8. The van der Waals surface area contributed by atoms with Gasteiger partial charge >= 0.3 is 0 Å². The van der Waals surface area contributed by atoms with E-state index in [-0.39, 0.29) is 17.3 Å². The summed E-state index contributed by atoms with van der Waals surface area (Å²) in [6, 6.07) is 12.0. The molecule has 1 aromatic heterocycles. The molecular formula is C23H23FN6O3. The van der Waals surface area contributed by atoms with Crippen molar-refractivity contribution in [2.24, 2.45) is 5.73 Å². The fraction of sp³-hybridized carbons (Fsp3) is 0.217. The van der Waals surface area contributed by atoms with Crippen molar-refractivity contribution in [1.82, 2.24) is 14.9 Å². The minimum absolute atomic E-state index is 0.0419. The molecule has 0 unspecified atom stereocenters. The van der Waals surface area contributed by atoms with Crippen LogP contribution in [-0.2, 0) is 0 Å². The Morgan fingerprint density at radius 3 is 2.39 bits per heavy atom. The predicted octanol–water partition coefficient (Wildman–Crippen LogP) is 2.25. The Hall–Kier alpha value is -4.05. The molecule has 3 aromatic rings. The SMILES string of the molecule is NC(=O)c1[nH]cnc1C(=O)N(CCN1CCC1)c1ccc(NC(=O)c2ccc(F)cc2)cc1. The lowest BCUT2D eigenvalue weighted by Gasteiger charge is -2.33. The number of primary amides is 1. The highest BCUT2D eigenvalue weighted by atomic mass is 19.1. The van der Waals surface area contributed by atoms with Gasteiger partial charge in [-0.2, -0.15) is 0 Å². The van der Waals surface area contributed by atoms with Crippen molar-refractivity contribution in [2.75, 3.05) is 36.4 Å². The number of hydrogen-bond donors (Lipinski definition) is 3. The summed E-state index contributed by atoms with van der Waals surface area (Å²) >= 11 is 0. The van der Waals surface area contributed by atoms with Crippen LogP contribution in [0.25, 0.3) is 0 Å². The van der Waals surface area contributed by atoms with Gasteiger partial charge in [-0.05, 0) is 68.0 Å².